The third kappa shape index (κ3) is 2.15. The van der Waals surface area contributed by atoms with E-state index in [0.29, 0.717) is 11.4 Å². The van der Waals surface area contributed by atoms with Crippen molar-refractivity contribution in [1.82, 2.24) is 0 Å². The minimum absolute atomic E-state index is 0.495. The van der Waals surface area contributed by atoms with Crippen LogP contribution in [0, 0.1) is 0 Å². The van der Waals surface area contributed by atoms with Crippen molar-refractivity contribution in [2.24, 2.45) is 5.73 Å². The summed E-state index contributed by atoms with van der Waals surface area (Å²) in [6.45, 7) is 1.62. The van der Waals surface area contributed by atoms with Gasteiger partial charge in [-0.25, -0.2) is 0 Å². The molecule has 0 heterocycles. The summed E-state index contributed by atoms with van der Waals surface area (Å²) in [5.74, 6) is 0.118. The Morgan fingerprint density at radius 1 is 1.18 bits per heavy atom. The molecule has 2 rings (SSSR count). The van der Waals surface area contributed by atoms with Gasteiger partial charge in [0.15, 0.2) is 6.10 Å². The summed E-state index contributed by atoms with van der Waals surface area (Å²) >= 11 is 0. The summed E-state index contributed by atoms with van der Waals surface area (Å²) < 4.78 is 5.51. The predicted molar refractivity (Wildman–Crippen MR) is 67.6 cm³/mol. The van der Waals surface area contributed by atoms with E-state index in [0.717, 1.165) is 10.8 Å². The molecule has 0 spiro atoms. The molecule has 4 heteroatoms. The van der Waals surface area contributed by atoms with E-state index >= 15 is 0 Å². The van der Waals surface area contributed by atoms with Crippen molar-refractivity contribution in [3.05, 3.63) is 36.4 Å². The second kappa shape index (κ2) is 4.33. The van der Waals surface area contributed by atoms with Crippen LogP contribution in [-0.2, 0) is 4.79 Å². The molecule has 1 amide bonds. The van der Waals surface area contributed by atoms with Gasteiger partial charge in [-0.05, 0) is 19.1 Å². The van der Waals surface area contributed by atoms with E-state index in [2.05, 4.69) is 0 Å². The van der Waals surface area contributed by atoms with Crippen LogP contribution >= 0.6 is 0 Å². The normalized spacial score (nSPS) is 12.3. The van der Waals surface area contributed by atoms with Gasteiger partial charge in [0.1, 0.15) is 5.75 Å². The Kier molecular flexibility index (Phi) is 2.87. The lowest BCUT2D eigenvalue weighted by molar-refractivity contribution is -0.123. The summed E-state index contributed by atoms with van der Waals surface area (Å²) in [5, 5.41) is 1.78. The quantitative estimate of drug-likeness (QED) is 0.787. The first-order valence-corrected chi connectivity index (χ1v) is 5.33. The van der Waals surface area contributed by atoms with Gasteiger partial charge < -0.3 is 16.2 Å². The third-order valence-corrected chi connectivity index (χ3v) is 2.62. The van der Waals surface area contributed by atoms with Crippen LogP contribution in [0.25, 0.3) is 10.8 Å². The van der Waals surface area contributed by atoms with E-state index in [1.54, 1.807) is 19.1 Å². The molecule has 1 unspecified atom stereocenters. The Bertz CT molecular complexity index is 566. The van der Waals surface area contributed by atoms with Gasteiger partial charge in [0.25, 0.3) is 5.91 Å². The number of amides is 1. The van der Waals surface area contributed by atoms with Gasteiger partial charge >= 0.3 is 0 Å². The molecule has 0 aromatic heterocycles. The first-order chi connectivity index (χ1) is 8.09. The second-order valence-corrected chi connectivity index (χ2v) is 3.86. The van der Waals surface area contributed by atoms with Crippen molar-refractivity contribution in [2.45, 2.75) is 13.0 Å². The number of primary amides is 1. The SMILES string of the molecule is CC(Oc1ccc(N)c2ccccc12)C(N)=O. The smallest absolute Gasteiger partial charge is 0.258 e. The van der Waals surface area contributed by atoms with Gasteiger partial charge in [0.05, 0.1) is 0 Å². The lowest BCUT2D eigenvalue weighted by Crippen LogP contribution is -2.30. The van der Waals surface area contributed by atoms with E-state index in [1.807, 2.05) is 24.3 Å². The fourth-order valence-electron chi connectivity index (χ4n) is 1.65. The molecule has 0 saturated heterocycles. The average Bonchev–Trinajstić information content (AvgIpc) is 2.33. The highest BCUT2D eigenvalue weighted by Gasteiger charge is 2.12. The Morgan fingerprint density at radius 3 is 2.47 bits per heavy atom. The Balaban J connectivity index is 2.48. The molecule has 0 aliphatic carbocycles. The van der Waals surface area contributed by atoms with Gasteiger partial charge in [-0.2, -0.15) is 0 Å². The summed E-state index contributed by atoms with van der Waals surface area (Å²) in [6, 6.07) is 11.1. The highest BCUT2D eigenvalue weighted by molar-refractivity contribution is 5.97. The third-order valence-electron chi connectivity index (χ3n) is 2.62. The molecule has 4 nitrogen and oxygen atoms in total. The molecule has 0 aliphatic heterocycles. The van der Waals surface area contributed by atoms with Crippen molar-refractivity contribution in [3.8, 4) is 5.75 Å². The van der Waals surface area contributed by atoms with Gasteiger partial charge in [-0.3, -0.25) is 4.79 Å². The summed E-state index contributed by atoms with van der Waals surface area (Å²) in [5.41, 5.74) is 11.7. The topological polar surface area (TPSA) is 78.3 Å². The molecule has 1 atom stereocenters. The maximum atomic E-state index is 11.0. The first-order valence-electron chi connectivity index (χ1n) is 5.33. The van der Waals surface area contributed by atoms with Crippen LogP contribution < -0.4 is 16.2 Å². The number of carbonyl (C=O) groups is 1. The molecule has 17 heavy (non-hydrogen) atoms. The molecular weight excluding hydrogens is 216 g/mol. The molecule has 0 saturated carbocycles. The van der Waals surface area contributed by atoms with E-state index in [9.17, 15) is 4.79 Å². The zero-order chi connectivity index (χ0) is 12.4. The number of benzene rings is 2. The van der Waals surface area contributed by atoms with Crippen LogP contribution in [0.4, 0.5) is 5.69 Å². The minimum atomic E-state index is -0.665. The number of fused-ring (bicyclic) bond motifs is 1. The maximum Gasteiger partial charge on any atom is 0.258 e. The van der Waals surface area contributed by atoms with E-state index < -0.39 is 12.0 Å². The van der Waals surface area contributed by atoms with Gasteiger partial charge in [-0.15, -0.1) is 0 Å². The molecule has 0 bridgehead atoms. The zero-order valence-corrected chi connectivity index (χ0v) is 9.51. The number of ether oxygens (including phenoxy) is 1. The lowest BCUT2D eigenvalue weighted by Gasteiger charge is -2.14. The number of nitrogens with two attached hydrogens (primary N) is 2. The van der Waals surface area contributed by atoms with Crippen molar-refractivity contribution >= 4 is 22.4 Å². The van der Waals surface area contributed by atoms with E-state index in [1.165, 1.54) is 0 Å². The Labute approximate surface area is 99.2 Å². The standard InChI is InChI=1S/C13H14N2O2/c1-8(13(15)16)17-12-7-6-11(14)9-4-2-3-5-10(9)12/h2-8H,14H2,1H3,(H2,15,16). The maximum absolute atomic E-state index is 11.0. The Morgan fingerprint density at radius 2 is 1.82 bits per heavy atom. The van der Waals surface area contributed by atoms with Crippen LogP contribution in [0.2, 0.25) is 0 Å². The zero-order valence-electron chi connectivity index (χ0n) is 9.51. The minimum Gasteiger partial charge on any atom is -0.480 e. The number of hydrogen-bond donors (Lipinski definition) is 2. The van der Waals surface area contributed by atoms with Crippen LogP contribution in [0.3, 0.4) is 0 Å². The molecular formula is C13H14N2O2. The largest absolute Gasteiger partial charge is 0.480 e. The van der Waals surface area contributed by atoms with Crippen molar-refractivity contribution < 1.29 is 9.53 Å². The molecule has 0 fully saturated rings. The van der Waals surface area contributed by atoms with Gasteiger partial charge in [0.2, 0.25) is 0 Å². The van der Waals surface area contributed by atoms with Crippen LogP contribution in [-0.4, -0.2) is 12.0 Å². The lowest BCUT2D eigenvalue weighted by atomic mass is 10.1. The average molecular weight is 230 g/mol. The number of rotatable bonds is 3. The van der Waals surface area contributed by atoms with Gasteiger partial charge in [0, 0.05) is 16.5 Å². The fourth-order valence-corrected chi connectivity index (χ4v) is 1.65. The fraction of sp³-hybridized carbons (Fsp3) is 0.154. The number of nitrogen functional groups attached to an aromatic ring is 1. The molecule has 2 aromatic rings. The van der Waals surface area contributed by atoms with Crippen LogP contribution in [0.15, 0.2) is 36.4 Å². The van der Waals surface area contributed by atoms with E-state index in [4.69, 9.17) is 16.2 Å². The number of anilines is 1. The predicted octanol–water partition coefficient (Wildman–Crippen LogP) is 1.67. The Hall–Kier alpha value is -2.23. The van der Waals surface area contributed by atoms with Crippen LogP contribution in [0.1, 0.15) is 6.92 Å². The number of hydrogen-bond acceptors (Lipinski definition) is 3. The molecule has 2 aromatic carbocycles. The van der Waals surface area contributed by atoms with Crippen molar-refractivity contribution in [1.29, 1.82) is 0 Å². The summed E-state index contributed by atoms with van der Waals surface area (Å²) in [6.07, 6.45) is -0.665. The first kappa shape index (κ1) is 11.3. The molecule has 0 aliphatic rings. The van der Waals surface area contributed by atoms with Crippen LogP contribution in [0.5, 0.6) is 5.75 Å². The monoisotopic (exact) mass is 230 g/mol. The van der Waals surface area contributed by atoms with Crippen molar-refractivity contribution in [3.63, 3.8) is 0 Å². The second-order valence-electron chi connectivity index (χ2n) is 3.86. The highest BCUT2D eigenvalue weighted by Crippen LogP contribution is 2.30. The molecule has 88 valence electrons. The van der Waals surface area contributed by atoms with E-state index in [-0.39, 0.29) is 0 Å². The summed E-state index contributed by atoms with van der Waals surface area (Å²) in [4.78, 5) is 11.0. The molecule has 4 N–H and O–H groups in total. The number of carbonyl (C=O) groups excluding carboxylic acids is 1. The summed E-state index contributed by atoms with van der Waals surface area (Å²) in [7, 11) is 0. The van der Waals surface area contributed by atoms with Crippen molar-refractivity contribution in [2.75, 3.05) is 5.73 Å². The molecule has 0 radical (unpaired) electrons. The van der Waals surface area contributed by atoms with Gasteiger partial charge in [-0.1, -0.05) is 24.3 Å². The highest BCUT2D eigenvalue weighted by atomic mass is 16.5.